The van der Waals surface area contributed by atoms with Crippen LogP contribution in [-0.4, -0.2) is 22.7 Å². The molecule has 10 heteroatoms. The van der Waals surface area contributed by atoms with Crippen molar-refractivity contribution in [2.24, 2.45) is 0 Å². The van der Waals surface area contributed by atoms with Crippen molar-refractivity contribution in [1.29, 1.82) is 0 Å². The molecule has 0 spiro atoms. The maximum Gasteiger partial charge on any atom is 0.283 e. The zero-order chi connectivity index (χ0) is 25.2. The van der Waals surface area contributed by atoms with Crippen molar-refractivity contribution < 1.29 is 18.8 Å². The Bertz CT molecular complexity index is 1520. The van der Waals surface area contributed by atoms with Crippen LogP contribution >= 0.6 is 22.9 Å². The number of para-hydroxylation sites is 1. The molecular weight excluding hydrogens is 503 g/mol. The number of imide groups is 1. The predicted molar refractivity (Wildman–Crippen MR) is 137 cm³/mol. The van der Waals surface area contributed by atoms with Crippen LogP contribution in [0, 0.1) is 5.82 Å². The Morgan fingerprint density at radius 2 is 1.61 bits per heavy atom. The predicted octanol–water partition coefficient (Wildman–Crippen LogP) is 5.64. The second-order valence-electron chi connectivity index (χ2n) is 7.65. The van der Waals surface area contributed by atoms with Gasteiger partial charge >= 0.3 is 0 Å². The normalized spacial score (nSPS) is 13.3. The summed E-state index contributed by atoms with van der Waals surface area (Å²) >= 11 is 7.42. The van der Waals surface area contributed by atoms with Crippen molar-refractivity contribution in [3.8, 4) is 11.3 Å². The second kappa shape index (κ2) is 9.73. The second-order valence-corrected chi connectivity index (χ2v) is 8.88. The molecule has 178 valence electrons. The molecule has 0 radical (unpaired) electrons. The summed E-state index contributed by atoms with van der Waals surface area (Å²) in [6.07, 6.45) is 0. The SMILES string of the molecule is O=C(Nc1nc(-c2ccccc2)cs1)c1ccc(NC2=C(Cl)C(=O)N(c3ccccc3F)C2=O)cc1. The lowest BCUT2D eigenvalue weighted by atomic mass is 10.2. The standard InChI is InChI=1S/C26H16ClFN4O3S/c27-21-22(25(35)32(24(21)34)20-9-5-4-8-18(20)28)29-17-12-10-16(11-13-17)23(33)31-26-30-19(14-36-26)15-6-2-1-3-7-15/h1-14,29H,(H,30,31,33). The molecule has 4 aromatic rings. The molecule has 0 saturated heterocycles. The number of benzene rings is 3. The number of nitrogens with zero attached hydrogens (tertiary/aromatic N) is 2. The third-order valence-electron chi connectivity index (χ3n) is 5.33. The van der Waals surface area contributed by atoms with Crippen LogP contribution in [0.3, 0.4) is 0 Å². The molecule has 1 aliphatic heterocycles. The topological polar surface area (TPSA) is 91.4 Å². The highest BCUT2D eigenvalue weighted by Crippen LogP contribution is 2.31. The first-order chi connectivity index (χ1) is 17.4. The molecule has 0 atom stereocenters. The molecule has 3 aromatic carbocycles. The lowest BCUT2D eigenvalue weighted by molar-refractivity contribution is -0.120. The van der Waals surface area contributed by atoms with Crippen LogP contribution in [-0.2, 0) is 9.59 Å². The fourth-order valence-corrected chi connectivity index (χ4v) is 4.48. The van der Waals surface area contributed by atoms with Crippen LogP contribution in [0.2, 0.25) is 0 Å². The molecule has 3 amide bonds. The van der Waals surface area contributed by atoms with Gasteiger partial charge in [-0.25, -0.2) is 14.3 Å². The van der Waals surface area contributed by atoms with E-state index >= 15 is 0 Å². The van der Waals surface area contributed by atoms with Gasteiger partial charge in [-0.2, -0.15) is 0 Å². The van der Waals surface area contributed by atoms with Gasteiger partial charge in [0, 0.05) is 22.2 Å². The van der Waals surface area contributed by atoms with Crippen LogP contribution in [0.5, 0.6) is 0 Å². The Balaban J connectivity index is 1.27. The number of carbonyl (C=O) groups excluding carboxylic acids is 3. The van der Waals surface area contributed by atoms with Crippen molar-refractivity contribution in [1.82, 2.24) is 4.98 Å². The number of aromatic nitrogens is 1. The van der Waals surface area contributed by atoms with Crippen LogP contribution in [0.1, 0.15) is 10.4 Å². The Hall–Kier alpha value is -4.34. The van der Waals surface area contributed by atoms with Crippen LogP contribution in [0.4, 0.5) is 20.9 Å². The van der Waals surface area contributed by atoms with Gasteiger partial charge < -0.3 is 5.32 Å². The molecule has 0 unspecified atom stereocenters. The maximum atomic E-state index is 14.2. The molecule has 1 aliphatic rings. The highest BCUT2D eigenvalue weighted by Gasteiger charge is 2.40. The zero-order valence-electron chi connectivity index (χ0n) is 18.4. The van der Waals surface area contributed by atoms with Gasteiger partial charge in [-0.05, 0) is 36.4 Å². The minimum Gasteiger partial charge on any atom is -0.350 e. The summed E-state index contributed by atoms with van der Waals surface area (Å²) in [5, 5.41) is 7.53. The highest BCUT2D eigenvalue weighted by atomic mass is 35.5. The molecule has 0 bridgehead atoms. The number of rotatable bonds is 6. The maximum absolute atomic E-state index is 14.2. The van der Waals surface area contributed by atoms with E-state index in [4.69, 9.17) is 11.6 Å². The monoisotopic (exact) mass is 518 g/mol. The summed E-state index contributed by atoms with van der Waals surface area (Å²) in [7, 11) is 0. The number of nitrogens with one attached hydrogen (secondary N) is 2. The molecule has 0 aliphatic carbocycles. The lowest BCUT2D eigenvalue weighted by Crippen LogP contribution is -2.33. The summed E-state index contributed by atoms with van der Waals surface area (Å²) < 4.78 is 14.2. The van der Waals surface area contributed by atoms with Gasteiger partial charge in [0.25, 0.3) is 17.7 Å². The van der Waals surface area contributed by atoms with Gasteiger partial charge in [0.2, 0.25) is 0 Å². The number of anilines is 3. The van der Waals surface area contributed by atoms with E-state index in [1.54, 1.807) is 24.3 Å². The number of carbonyl (C=O) groups is 3. The van der Waals surface area contributed by atoms with Crippen molar-refractivity contribution >= 4 is 57.2 Å². The minimum atomic E-state index is -0.830. The van der Waals surface area contributed by atoms with E-state index < -0.39 is 17.6 Å². The van der Waals surface area contributed by atoms with Crippen LogP contribution in [0.15, 0.2) is 95.0 Å². The van der Waals surface area contributed by atoms with Crippen molar-refractivity contribution in [3.63, 3.8) is 0 Å². The van der Waals surface area contributed by atoms with E-state index in [2.05, 4.69) is 15.6 Å². The Labute approximate surface area is 213 Å². The molecule has 0 saturated carbocycles. The Morgan fingerprint density at radius 1 is 0.917 bits per heavy atom. The van der Waals surface area contributed by atoms with Crippen molar-refractivity contribution in [3.05, 3.63) is 106 Å². The van der Waals surface area contributed by atoms with E-state index in [1.807, 2.05) is 35.7 Å². The fourth-order valence-electron chi connectivity index (χ4n) is 3.55. The average Bonchev–Trinajstić information content (AvgIpc) is 3.44. The van der Waals surface area contributed by atoms with E-state index in [1.165, 1.54) is 29.5 Å². The molecule has 2 N–H and O–H groups in total. The van der Waals surface area contributed by atoms with Gasteiger partial charge in [0.1, 0.15) is 16.5 Å². The first kappa shape index (κ1) is 23.4. The Morgan fingerprint density at radius 3 is 2.33 bits per heavy atom. The zero-order valence-corrected chi connectivity index (χ0v) is 19.9. The summed E-state index contributed by atoms with van der Waals surface area (Å²) in [5.74, 6) is -2.69. The quantitative estimate of drug-likeness (QED) is 0.322. The Kier molecular flexibility index (Phi) is 6.32. The first-order valence-electron chi connectivity index (χ1n) is 10.6. The number of thiazole rings is 1. The van der Waals surface area contributed by atoms with E-state index in [-0.39, 0.29) is 22.3 Å². The average molecular weight is 519 g/mol. The molecule has 7 nitrogen and oxygen atoms in total. The van der Waals surface area contributed by atoms with Gasteiger partial charge in [-0.1, -0.05) is 54.1 Å². The first-order valence-corrected chi connectivity index (χ1v) is 11.9. The fraction of sp³-hybridized carbons (Fsp3) is 0. The molecule has 2 heterocycles. The third kappa shape index (κ3) is 4.49. The van der Waals surface area contributed by atoms with Gasteiger partial charge in [-0.3, -0.25) is 19.7 Å². The van der Waals surface area contributed by atoms with Gasteiger partial charge in [0.05, 0.1) is 11.4 Å². The van der Waals surface area contributed by atoms with E-state index in [0.717, 1.165) is 17.3 Å². The summed E-state index contributed by atoms with van der Waals surface area (Å²) in [4.78, 5) is 43.1. The van der Waals surface area contributed by atoms with Crippen molar-refractivity contribution in [2.75, 3.05) is 15.5 Å². The third-order valence-corrected chi connectivity index (χ3v) is 6.44. The lowest BCUT2D eigenvalue weighted by Gasteiger charge is -2.15. The van der Waals surface area contributed by atoms with E-state index in [0.29, 0.717) is 21.3 Å². The number of amides is 3. The number of hydrogen-bond acceptors (Lipinski definition) is 6. The largest absolute Gasteiger partial charge is 0.350 e. The number of halogens is 2. The summed E-state index contributed by atoms with van der Waals surface area (Å²) in [6, 6.07) is 21.3. The van der Waals surface area contributed by atoms with Crippen molar-refractivity contribution in [2.45, 2.75) is 0 Å². The molecular formula is C26H16ClFN4O3S. The summed E-state index contributed by atoms with van der Waals surface area (Å²) in [6.45, 7) is 0. The number of hydrogen-bond donors (Lipinski definition) is 2. The smallest absolute Gasteiger partial charge is 0.283 e. The van der Waals surface area contributed by atoms with Gasteiger partial charge in [-0.15, -0.1) is 11.3 Å². The van der Waals surface area contributed by atoms with Crippen LogP contribution in [0.25, 0.3) is 11.3 Å². The summed E-state index contributed by atoms with van der Waals surface area (Å²) in [5.41, 5.74) is 2.12. The molecule has 1 aromatic heterocycles. The highest BCUT2D eigenvalue weighted by molar-refractivity contribution is 7.14. The minimum absolute atomic E-state index is 0.182. The molecule has 36 heavy (non-hydrogen) atoms. The molecule has 0 fully saturated rings. The van der Waals surface area contributed by atoms with Gasteiger partial charge in [0.15, 0.2) is 5.13 Å². The van der Waals surface area contributed by atoms with E-state index in [9.17, 15) is 18.8 Å². The molecule has 5 rings (SSSR count). The van der Waals surface area contributed by atoms with Crippen LogP contribution < -0.4 is 15.5 Å².